The van der Waals surface area contributed by atoms with Gasteiger partial charge in [-0.25, -0.2) is 9.78 Å². The van der Waals surface area contributed by atoms with Crippen molar-refractivity contribution in [1.29, 1.82) is 0 Å². The molecule has 68 valence electrons. The molecule has 2 heterocycles. The van der Waals surface area contributed by atoms with E-state index in [2.05, 4.69) is 4.98 Å². The van der Waals surface area contributed by atoms with Gasteiger partial charge < -0.3 is 12.4 Å². The molecule has 0 aliphatic carbocycles. The molecule has 0 fully saturated rings. The van der Waals surface area contributed by atoms with E-state index in [4.69, 9.17) is 10.9 Å². The van der Waals surface area contributed by atoms with Crippen molar-refractivity contribution in [2.24, 2.45) is 0 Å². The Morgan fingerprint density at radius 3 is 2.93 bits per heavy atom. The number of aromatic nitrogens is 2. The molecule has 0 spiro atoms. The summed E-state index contributed by atoms with van der Waals surface area (Å²) in [5.74, 6) is 4.53. The van der Waals surface area contributed by atoms with Crippen LogP contribution in [-0.2, 0) is 0 Å². The quantitative estimate of drug-likeness (QED) is 0.397. The minimum atomic E-state index is -0.974. The number of fused-ring (bicyclic) bond motifs is 1. The summed E-state index contributed by atoms with van der Waals surface area (Å²) < 4.78 is 1.29. The monoisotopic (exact) mass is 201 g/mol. The Morgan fingerprint density at radius 1 is 1.57 bits per heavy atom. The summed E-state index contributed by atoms with van der Waals surface area (Å²) >= 11 is 0. The van der Waals surface area contributed by atoms with Crippen LogP contribution in [0.1, 0.15) is 11.8 Å². The van der Waals surface area contributed by atoms with Crippen LogP contribution in [0.25, 0.3) is 11.0 Å². The molecule has 0 aliphatic heterocycles. The summed E-state index contributed by atoms with van der Waals surface area (Å²) in [5, 5.41) is 9.37. The summed E-state index contributed by atoms with van der Waals surface area (Å²) in [6, 6.07) is 3.08. The molecule has 14 heavy (non-hydrogen) atoms. The van der Waals surface area contributed by atoms with Gasteiger partial charge in [0.05, 0.1) is 5.56 Å². The first-order valence-electron chi connectivity index (χ1n) is 3.64. The maximum atomic E-state index is 10.7. The molecule has 2 aromatic rings. The topological polar surface area (TPSA) is 81.1 Å². The summed E-state index contributed by atoms with van der Waals surface area (Å²) in [6.07, 6.45) is 3.00. The van der Waals surface area contributed by atoms with Crippen molar-refractivity contribution in [3.05, 3.63) is 30.1 Å². The average Bonchev–Trinajstić information content (AvgIpc) is 2.48. The molecule has 0 bridgehead atoms. The van der Waals surface area contributed by atoms with Crippen molar-refractivity contribution in [3.63, 3.8) is 0 Å². The Balaban J connectivity index is 0.000000980. The fourth-order valence-electron chi connectivity index (χ4n) is 1.24. The molecular formula is C8H8N3NaO2. The Labute approximate surface area is 103 Å². The number of rotatable bonds is 1. The normalized spacial score (nSPS) is 9.71. The number of pyridine rings is 1. The van der Waals surface area contributed by atoms with Crippen molar-refractivity contribution in [3.8, 4) is 0 Å². The number of nitrogens with two attached hydrogens (primary N) is 1. The summed E-state index contributed by atoms with van der Waals surface area (Å²) in [4.78, 5) is 14.7. The Bertz CT molecular complexity index is 486. The van der Waals surface area contributed by atoms with Gasteiger partial charge in [-0.2, -0.15) is 0 Å². The molecule has 6 heteroatoms. The zero-order valence-corrected chi connectivity index (χ0v) is 9.64. The SMILES string of the molecule is Nn1ccc2c(C(=O)O)ccnc21.[H-].[Na+]. The molecular weight excluding hydrogens is 193 g/mol. The van der Waals surface area contributed by atoms with Crippen LogP contribution in [0.5, 0.6) is 0 Å². The van der Waals surface area contributed by atoms with Gasteiger partial charge in [-0.15, -0.1) is 0 Å². The molecule has 0 unspecified atom stereocenters. The van der Waals surface area contributed by atoms with E-state index in [0.29, 0.717) is 11.0 Å². The summed E-state index contributed by atoms with van der Waals surface area (Å²) in [5.41, 5.74) is 0.689. The Morgan fingerprint density at radius 2 is 2.29 bits per heavy atom. The fraction of sp³-hybridized carbons (Fsp3) is 0. The van der Waals surface area contributed by atoms with E-state index in [1.807, 2.05) is 0 Å². The Kier molecular flexibility index (Phi) is 3.15. The molecule has 2 aromatic heterocycles. The number of hydrogen-bond acceptors (Lipinski definition) is 3. The van der Waals surface area contributed by atoms with E-state index >= 15 is 0 Å². The van der Waals surface area contributed by atoms with Crippen LogP contribution in [0.3, 0.4) is 0 Å². The third-order valence-electron chi connectivity index (χ3n) is 1.85. The number of carboxylic acid groups (broad SMARTS) is 1. The number of nitrogens with zero attached hydrogens (tertiary/aromatic N) is 2. The second-order valence-electron chi connectivity index (χ2n) is 2.62. The van der Waals surface area contributed by atoms with Gasteiger partial charge in [-0.05, 0) is 12.1 Å². The number of hydrogen-bond donors (Lipinski definition) is 2. The number of carboxylic acids is 1. The predicted octanol–water partition coefficient (Wildman–Crippen LogP) is -2.44. The van der Waals surface area contributed by atoms with Crippen LogP contribution in [0, 0.1) is 0 Å². The fourth-order valence-corrected chi connectivity index (χ4v) is 1.24. The van der Waals surface area contributed by atoms with Gasteiger partial charge in [0, 0.05) is 17.8 Å². The zero-order chi connectivity index (χ0) is 9.42. The second kappa shape index (κ2) is 4.00. The van der Waals surface area contributed by atoms with Gasteiger partial charge >= 0.3 is 35.5 Å². The minimum Gasteiger partial charge on any atom is -1.00 e. The van der Waals surface area contributed by atoms with Gasteiger partial charge in [0.25, 0.3) is 0 Å². The maximum absolute atomic E-state index is 10.7. The van der Waals surface area contributed by atoms with E-state index in [-0.39, 0.29) is 36.5 Å². The van der Waals surface area contributed by atoms with Crippen LogP contribution in [-0.4, -0.2) is 20.7 Å². The van der Waals surface area contributed by atoms with Crippen LogP contribution < -0.4 is 35.4 Å². The average molecular weight is 201 g/mol. The van der Waals surface area contributed by atoms with Crippen molar-refractivity contribution in [2.75, 3.05) is 5.84 Å². The van der Waals surface area contributed by atoms with Gasteiger partial charge in [0.15, 0.2) is 5.65 Å². The van der Waals surface area contributed by atoms with Gasteiger partial charge in [-0.1, -0.05) is 0 Å². The first-order valence-corrected chi connectivity index (χ1v) is 3.64. The Hall–Kier alpha value is -1.04. The largest absolute Gasteiger partial charge is 1.00 e. The standard InChI is InChI=1S/C8H7N3O2.Na.H/c9-11-4-2-5-6(8(12)13)1-3-10-7(5)11;;/h1-4H,9H2,(H,12,13);;/q;+1;-1. The molecule has 5 nitrogen and oxygen atoms in total. The number of nitrogen functional groups attached to an aromatic ring is 1. The van der Waals surface area contributed by atoms with Gasteiger partial charge in [-0.3, -0.25) is 4.68 Å². The molecule has 0 amide bonds. The molecule has 2 rings (SSSR count). The summed E-state index contributed by atoms with van der Waals surface area (Å²) in [6.45, 7) is 0. The molecule has 0 aromatic carbocycles. The van der Waals surface area contributed by atoms with E-state index in [9.17, 15) is 4.79 Å². The van der Waals surface area contributed by atoms with E-state index < -0.39 is 5.97 Å². The van der Waals surface area contributed by atoms with Crippen LogP contribution >= 0.6 is 0 Å². The first kappa shape index (κ1) is 11.0. The van der Waals surface area contributed by atoms with Crippen LogP contribution in [0.4, 0.5) is 0 Å². The molecule has 0 saturated heterocycles. The van der Waals surface area contributed by atoms with Gasteiger partial charge in [0.2, 0.25) is 0 Å². The van der Waals surface area contributed by atoms with E-state index in [1.54, 1.807) is 12.3 Å². The van der Waals surface area contributed by atoms with Crippen LogP contribution in [0.15, 0.2) is 24.5 Å². The van der Waals surface area contributed by atoms with Crippen molar-refractivity contribution >= 4 is 17.0 Å². The van der Waals surface area contributed by atoms with E-state index in [1.165, 1.54) is 16.9 Å². The number of aromatic carboxylic acids is 1. The third kappa shape index (κ3) is 1.61. The summed E-state index contributed by atoms with van der Waals surface area (Å²) in [7, 11) is 0. The minimum absolute atomic E-state index is 0. The molecule has 0 radical (unpaired) electrons. The molecule has 3 N–H and O–H groups in total. The van der Waals surface area contributed by atoms with Crippen molar-refractivity contribution in [2.45, 2.75) is 0 Å². The van der Waals surface area contributed by atoms with Crippen molar-refractivity contribution in [1.82, 2.24) is 9.66 Å². The van der Waals surface area contributed by atoms with Crippen LogP contribution in [0.2, 0.25) is 0 Å². The van der Waals surface area contributed by atoms with Gasteiger partial charge in [0.1, 0.15) is 0 Å². The maximum Gasteiger partial charge on any atom is 1.00 e. The smallest absolute Gasteiger partial charge is 1.00 e. The number of carbonyl (C=O) groups is 1. The molecule has 0 atom stereocenters. The predicted molar refractivity (Wildman–Crippen MR) is 48.0 cm³/mol. The van der Waals surface area contributed by atoms with Crippen molar-refractivity contribution < 1.29 is 40.9 Å². The first-order chi connectivity index (χ1) is 6.20. The zero-order valence-electron chi connectivity index (χ0n) is 8.64. The molecule has 0 saturated carbocycles. The van der Waals surface area contributed by atoms with E-state index in [0.717, 1.165) is 0 Å². The third-order valence-corrected chi connectivity index (χ3v) is 1.85. The molecule has 0 aliphatic rings. The second-order valence-corrected chi connectivity index (χ2v) is 2.62.